The average molecular weight is 422 g/mol. The fourth-order valence-corrected chi connectivity index (χ4v) is 5.99. The number of carbonyl (C=O) groups excluding carboxylic acids is 2. The van der Waals surface area contributed by atoms with Crippen LogP contribution >= 0.6 is 11.3 Å². The van der Waals surface area contributed by atoms with Crippen LogP contribution in [0.3, 0.4) is 0 Å². The standard InChI is InChI=1S/C22H31NO5S/c1-22(2,3)12-9-10-15-16(11-12)29-19(17(15)21(27)28-4)23-18(24)13-7-5-6-8-14(13)20(25)26/h12-14H,5-11H2,1-4H3,(H,23,24)(H,25,26)/t12-,13+,14-/m0/s1. The zero-order valence-corrected chi connectivity index (χ0v) is 18.5. The Morgan fingerprint density at radius 3 is 2.34 bits per heavy atom. The molecule has 1 amide bonds. The van der Waals surface area contributed by atoms with E-state index < -0.39 is 23.8 Å². The van der Waals surface area contributed by atoms with Crippen LogP contribution in [0.2, 0.25) is 0 Å². The molecule has 2 aliphatic carbocycles. The summed E-state index contributed by atoms with van der Waals surface area (Å²) in [5, 5.41) is 12.9. The smallest absolute Gasteiger partial charge is 0.341 e. The summed E-state index contributed by atoms with van der Waals surface area (Å²) in [7, 11) is 1.35. The summed E-state index contributed by atoms with van der Waals surface area (Å²) in [5.41, 5.74) is 1.61. The van der Waals surface area contributed by atoms with Gasteiger partial charge in [-0.15, -0.1) is 11.3 Å². The van der Waals surface area contributed by atoms with E-state index in [0.717, 1.165) is 42.5 Å². The number of carboxylic acids is 1. The van der Waals surface area contributed by atoms with Gasteiger partial charge in [0.2, 0.25) is 5.91 Å². The molecule has 29 heavy (non-hydrogen) atoms. The minimum atomic E-state index is -0.920. The van der Waals surface area contributed by atoms with Gasteiger partial charge in [-0.25, -0.2) is 4.79 Å². The molecule has 1 saturated carbocycles. The minimum Gasteiger partial charge on any atom is -0.481 e. The van der Waals surface area contributed by atoms with Crippen LogP contribution in [0.25, 0.3) is 0 Å². The van der Waals surface area contributed by atoms with Gasteiger partial charge in [-0.2, -0.15) is 0 Å². The zero-order chi connectivity index (χ0) is 21.3. The molecule has 0 bridgehead atoms. The third-order valence-electron chi connectivity index (χ3n) is 6.54. The Kier molecular flexibility index (Phi) is 6.36. The van der Waals surface area contributed by atoms with Gasteiger partial charge in [0.15, 0.2) is 0 Å². The first-order valence-corrected chi connectivity index (χ1v) is 11.2. The van der Waals surface area contributed by atoms with E-state index in [1.54, 1.807) is 0 Å². The number of carboxylic acid groups (broad SMARTS) is 1. The molecule has 7 heteroatoms. The fraction of sp³-hybridized carbons (Fsp3) is 0.682. The largest absolute Gasteiger partial charge is 0.481 e. The molecule has 2 N–H and O–H groups in total. The number of carbonyl (C=O) groups is 3. The molecule has 2 aliphatic rings. The third-order valence-corrected chi connectivity index (χ3v) is 7.71. The maximum Gasteiger partial charge on any atom is 0.341 e. The molecule has 1 aromatic rings. The van der Waals surface area contributed by atoms with Gasteiger partial charge in [-0.05, 0) is 49.0 Å². The van der Waals surface area contributed by atoms with Gasteiger partial charge in [0.05, 0.1) is 24.5 Å². The molecule has 0 spiro atoms. The van der Waals surface area contributed by atoms with Crippen LogP contribution in [0.15, 0.2) is 0 Å². The number of aliphatic carboxylic acids is 1. The van der Waals surface area contributed by atoms with Crippen LogP contribution in [0.5, 0.6) is 0 Å². The maximum atomic E-state index is 13.0. The van der Waals surface area contributed by atoms with Gasteiger partial charge in [0, 0.05) is 4.88 Å². The highest BCUT2D eigenvalue weighted by molar-refractivity contribution is 7.17. The van der Waals surface area contributed by atoms with Crippen molar-refractivity contribution in [3.8, 4) is 0 Å². The van der Waals surface area contributed by atoms with Crippen molar-refractivity contribution in [1.82, 2.24) is 0 Å². The molecule has 1 aromatic heterocycles. The van der Waals surface area contributed by atoms with E-state index >= 15 is 0 Å². The molecular formula is C22H31NO5S. The maximum absolute atomic E-state index is 13.0. The first-order chi connectivity index (χ1) is 13.6. The van der Waals surface area contributed by atoms with Crippen molar-refractivity contribution in [3.05, 3.63) is 16.0 Å². The van der Waals surface area contributed by atoms with Crippen LogP contribution in [0.1, 0.15) is 73.7 Å². The summed E-state index contributed by atoms with van der Waals surface area (Å²) in [5.74, 6) is -2.37. The van der Waals surface area contributed by atoms with Gasteiger partial charge in [-0.3, -0.25) is 9.59 Å². The highest BCUT2D eigenvalue weighted by atomic mass is 32.1. The predicted octanol–water partition coefficient (Wildman–Crippen LogP) is 4.52. The Hall–Kier alpha value is -1.89. The van der Waals surface area contributed by atoms with Crippen molar-refractivity contribution < 1.29 is 24.2 Å². The van der Waals surface area contributed by atoms with Crippen LogP contribution in [-0.2, 0) is 27.2 Å². The van der Waals surface area contributed by atoms with E-state index in [9.17, 15) is 19.5 Å². The van der Waals surface area contributed by atoms with Crippen molar-refractivity contribution >= 4 is 34.2 Å². The van der Waals surface area contributed by atoms with Crippen LogP contribution in [0.4, 0.5) is 5.00 Å². The monoisotopic (exact) mass is 421 g/mol. The molecule has 3 atom stereocenters. The summed E-state index contributed by atoms with van der Waals surface area (Å²) < 4.78 is 5.00. The lowest BCUT2D eigenvalue weighted by Gasteiger charge is -2.33. The number of esters is 1. The Morgan fingerprint density at radius 1 is 1.10 bits per heavy atom. The normalized spacial score (nSPS) is 24.5. The second-order valence-electron chi connectivity index (χ2n) is 9.33. The predicted molar refractivity (Wildman–Crippen MR) is 112 cm³/mol. The Bertz CT molecular complexity index is 807. The summed E-state index contributed by atoms with van der Waals surface area (Å²) >= 11 is 1.45. The van der Waals surface area contributed by atoms with E-state index in [1.165, 1.54) is 18.4 Å². The third kappa shape index (κ3) is 4.49. The van der Waals surface area contributed by atoms with Crippen molar-refractivity contribution in [2.24, 2.45) is 23.2 Å². The number of methoxy groups -OCH3 is 1. The summed E-state index contributed by atoms with van der Waals surface area (Å²) in [6, 6.07) is 0. The van der Waals surface area contributed by atoms with Gasteiger partial charge in [-0.1, -0.05) is 33.6 Å². The lowest BCUT2D eigenvalue weighted by Crippen LogP contribution is -2.36. The molecule has 0 saturated heterocycles. The molecule has 1 fully saturated rings. The van der Waals surface area contributed by atoms with Gasteiger partial charge < -0.3 is 15.2 Å². The SMILES string of the molecule is COC(=O)c1c(NC(=O)[C@@H]2CCCC[C@@H]2C(=O)O)sc2c1CC[C@H](C(C)(C)C)C2. The zero-order valence-electron chi connectivity index (χ0n) is 17.7. The molecule has 1 heterocycles. The Balaban J connectivity index is 1.89. The molecule has 0 aliphatic heterocycles. The lowest BCUT2D eigenvalue weighted by molar-refractivity contribution is -0.147. The Morgan fingerprint density at radius 2 is 1.76 bits per heavy atom. The number of thiophene rings is 1. The molecule has 0 aromatic carbocycles. The highest BCUT2D eigenvalue weighted by Crippen LogP contribution is 2.45. The molecule has 0 radical (unpaired) electrons. The molecular weight excluding hydrogens is 390 g/mol. The summed E-state index contributed by atoms with van der Waals surface area (Å²) in [4.78, 5) is 38.2. The number of nitrogens with one attached hydrogen (secondary N) is 1. The number of anilines is 1. The van der Waals surface area contributed by atoms with Crippen molar-refractivity contribution in [2.75, 3.05) is 12.4 Å². The summed E-state index contributed by atoms with van der Waals surface area (Å²) in [6.07, 6.45) is 5.42. The molecule has 6 nitrogen and oxygen atoms in total. The minimum absolute atomic E-state index is 0.174. The van der Waals surface area contributed by atoms with Crippen LogP contribution in [-0.4, -0.2) is 30.1 Å². The molecule has 0 unspecified atom stereocenters. The van der Waals surface area contributed by atoms with Gasteiger partial charge in [0.1, 0.15) is 5.00 Å². The Labute approximate surface area is 176 Å². The van der Waals surface area contributed by atoms with Crippen LogP contribution in [0, 0.1) is 23.2 Å². The van der Waals surface area contributed by atoms with E-state index in [0.29, 0.717) is 29.3 Å². The van der Waals surface area contributed by atoms with Crippen molar-refractivity contribution in [1.29, 1.82) is 0 Å². The van der Waals surface area contributed by atoms with E-state index in [4.69, 9.17) is 4.74 Å². The van der Waals surface area contributed by atoms with Crippen molar-refractivity contribution in [2.45, 2.75) is 65.7 Å². The number of rotatable bonds is 4. The average Bonchev–Trinajstić information content (AvgIpc) is 3.03. The molecule has 160 valence electrons. The fourth-order valence-electron chi connectivity index (χ4n) is 4.68. The first kappa shape index (κ1) is 21.8. The first-order valence-electron chi connectivity index (χ1n) is 10.4. The van der Waals surface area contributed by atoms with Crippen LogP contribution < -0.4 is 5.32 Å². The van der Waals surface area contributed by atoms with E-state index in [2.05, 4.69) is 26.1 Å². The van der Waals surface area contributed by atoms with Gasteiger partial charge >= 0.3 is 11.9 Å². The van der Waals surface area contributed by atoms with Gasteiger partial charge in [0.25, 0.3) is 0 Å². The lowest BCUT2D eigenvalue weighted by atomic mass is 9.72. The highest BCUT2D eigenvalue weighted by Gasteiger charge is 2.38. The molecule has 3 rings (SSSR count). The van der Waals surface area contributed by atoms with Crippen molar-refractivity contribution in [3.63, 3.8) is 0 Å². The second-order valence-corrected chi connectivity index (χ2v) is 10.4. The second kappa shape index (κ2) is 8.46. The quantitative estimate of drug-likeness (QED) is 0.698. The number of fused-ring (bicyclic) bond motifs is 1. The van der Waals surface area contributed by atoms with E-state index in [-0.39, 0.29) is 11.3 Å². The topological polar surface area (TPSA) is 92.7 Å². The number of ether oxygens (including phenoxy) is 1. The summed E-state index contributed by atoms with van der Waals surface area (Å²) in [6.45, 7) is 6.69. The number of hydrogen-bond donors (Lipinski definition) is 2. The number of amides is 1. The van der Waals surface area contributed by atoms with E-state index in [1.807, 2.05) is 0 Å². The number of hydrogen-bond acceptors (Lipinski definition) is 5.